The number of aliphatic carboxylic acids is 1. The highest BCUT2D eigenvalue weighted by atomic mass is 16.4. The molecule has 0 heterocycles. The molecular formula is C5H12N2O2. The molecule has 5 N–H and O–H groups in total. The Bertz CT molecular complexity index is 105. The molecule has 0 saturated carbocycles. The topological polar surface area (TPSA) is 89.3 Å². The fourth-order valence-electron chi connectivity index (χ4n) is 0.437. The Morgan fingerprint density at radius 3 is 2.22 bits per heavy atom. The highest BCUT2D eigenvalue weighted by Gasteiger charge is 2.17. The maximum absolute atomic E-state index is 10.1. The van der Waals surface area contributed by atoms with E-state index in [1.807, 2.05) is 0 Å². The normalized spacial score (nSPS) is 16.8. The summed E-state index contributed by atoms with van der Waals surface area (Å²) in [5.74, 6) is -1.04. The van der Waals surface area contributed by atoms with Gasteiger partial charge in [-0.15, -0.1) is 0 Å². The molecule has 0 saturated heterocycles. The molecule has 0 bridgehead atoms. The molecular weight excluding hydrogens is 120 g/mol. The van der Waals surface area contributed by atoms with Crippen LogP contribution in [0.3, 0.4) is 0 Å². The summed E-state index contributed by atoms with van der Waals surface area (Å²) < 4.78 is 0. The van der Waals surface area contributed by atoms with Crippen molar-refractivity contribution in [3.63, 3.8) is 0 Å². The van der Waals surface area contributed by atoms with E-state index in [1.165, 1.54) is 0 Å². The predicted molar refractivity (Wildman–Crippen MR) is 33.9 cm³/mol. The van der Waals surface area contributed by atoms with E-state index in [-0.39, 0.29) is 0 Å². The van der Waals surface area contributed by atoms with Gasteiger partial charge in [0.2, 0.25) is 0 Å². The van der Waals surface area contributed by atoms with Crippen LogP contribution in [0.15, 0.2) is 0 Å². The second-order valence-electron chi connectivity index (χ2n) is 1.94. The van der Waals surface area contributed by atoms with Crippen LogP contribution in [0.25, 0.3) is 0 Å². The summed E-state index contributed by atoms with van der Waals surface area (Å²) in [6.45, 7) is 1.80. The Balaban J connectivity index is 3.72. The second kappa shape index (κ2) is 3.42. The minimum Gasteiger partial charge on any atom is -0.480 e. The third-order valence-electron chi connectivity index (χ3n) is 1.22. The quantitative estimate of drug-likeness (QED) is 0.466. The molecule has 0 aromatic heterocycles. The zero-order chi connectivity index (χ0) is 7.44. The number of nitrogens with two attached hydrogens (primary N) is 2. The van der Waals surface area contributed by atoms with Gasteiger partial charge in [-0.05, 0) is 6.42 Å². The van der Waals surface area contributed by atoms with E-state index in [9.17, 15) is 4.79 Å². The summed E-state index contributed by atoms with van der Waals surface area (Å²) in [5, 5.41) is 8.28. The Morgan fingerprint density at radius 2 is 2.11 bits per heavy atom. The van der Waals surface area contributed by atoms with E-state index in [1.54, 1.807) is 6.92 Å². The predicted octanol–water partition coefficient (Wildman–Crippen LogP) is -0.864. The van der Waals surface area contributed by atoms with Crippen molar-refractivity contribution >= 4 is 5.97 Å². The van der Waals surface area contributed by atoms with E-state index in [2.05, 4.69) is 0 Å². The first-order valence-electron chi connectivity index (χ1n) is 2.83. The van der Waals surface area contributed by atoms with Gasteiger partial charge in [0.05, 0.1) is 0 Å². The van der Waals surface area contributed by atoms with Gasteiger partial charge in [-0.1, -0.05) is 6.92 Å². The average Bonchev–Trinajstić information content (AvgIpc) is 1.84. The minimum absolute atomic E-state index is 0.428. The molecule has 0 amide bonds. The van der Waals surface area contributed by atoms with Crippen molar-refractivity contribution in [2.45, 2.75) is 25.4 Å². The number of carboxylic acids is 1. The van der Waals surface area contributed by atoms with E-state index in [0.717, 1.165) is 0 Å². The fraction of sp³-hybridized carbons (Fsp3) is 0.800. The van der Waals surface area contributed by atoms with Gasteiger partial charge in [0.1, 0.15) is 6.04 Å². The third-order valence-corrected chi connectivity index (χ3v) is 1.22. The first kappa shape index (κ1) is 8.39. The molecule has 0 aliphatic heterocycles. The minimum atomic E-state index is -1.04. The number of hydrogen-bond acceptors (Lipinski definition) is 3. The van der Waals surface area contributed by atoms with Crippen molar-refractivity contribution in [2.24, 2.45) is 11.5 Å². The molecule has 0 radical (unpaired) electrons. The van der Waals surface area contributed by atoms with Crippen molar-refractivity contribution in [3.8, 4) is 0 Å². The van der Waals surface area contributed by atoms with Crippen molar-refractivity contribution < 1.29 is 9.90 Å². The van der Waals surface area contributed by atoms with Gasteiger partial charge in [0.15, 0.2) is 0 Å². The van der Waals surface area contributed by atoms with E-state index in [0.29, 0.717) is 6.42 Å². The lowest BCUT2D eigenvalue weighted by atomic mass is 10.1. The van der Waals surface area contributed by atoms with Crippen LogP contribution in [0, 0.1) is 0 Å². The van der Waals surface area contributed by atoms with Crippen LogP contribution in [0.5, 0.6) is 0 Å². The summed E-state index contributed by atoms with van der Waals surface area (Å²) in [5.41, 5.74) is 10.5. The molecule has 0 aliphatic carbocycles. The molecule has 0 fully saturated rings. The zero-order valence-electron chi connectivity index (χ0n) is 5.37. The van der Waals surface area contributed by atoms with Crippen molar-refractivity contribution in [1.29, 1.82) is 0 Å². The average molecular weight is 132 g/mol. The standard InChI is InChI=1S/C5H12N2O2/c1-2-3(6)4(7)5(8)9/h3-4H,2,6-7H2,1H3,(H,8,9)/t3-,4+/m1/s1. The molecule has 0 aromatic rings. The largest absolute Gasteiger partial charge is 0.480 e. The Morgan fingerprint density at radius 1 is 1.67 bits per heavy atom. The maximum atomic E-state index is 10.1. The van der Waals surface area contributed by atoms with Crippen LogP contribution >= 0.6 is 0 Å². The van der Waals surface area contributed by atoms with Gasteiger partial charge in [0, 0.05) is 6.04 Å². The van der Waals surface area contributed by atoms with Gasteiger partial charge in [-0.2, -0.15) is 0 Å². The lowest BCUT2D eigenvalue weighted by molar-refractivity contribution is -0.139. The molecule has 0 spiro atoms. The summed E-state index contributed by atoms with van der Waals surface area (Å²) in [4.78, 5) is 10.1. The summed E-state index contributed by atoms with van der Waals surface area (Å²) in [6.07, 6.45) is 0.591. The highest BCUT2D eigenvalue weighted by molar-refractivity contribution is 5.74. The number of carbonyl (C=O) groups is 1. The molecule has 4 nitrogen and oxygen atoms in total. The van der Waals surface area contributed by atoms with Crippen molar-refractivity contribution in [1.82, 2.24) is 0 Å². The van der Waals surface area contributed by atoms with Crippen LogP contribution in [-0.2, 0) is 4.79 Å². The van der Waals surface area contributed by atoms with Crippen LogP contribution in [0.2, 0.25) is 0 Å². The molecule has 0 unspecified atom stereocenters. The van der Waals surface area contributed by atoms with Crippen LogP contribution in [-0.4, -0.2) is 23.2 Å². The lowest BCUT2D eigenvalue weighted by Crippen LogP contribution is -2.46. The lowest BCUT2D eigenvalue weighted by Gasteiger charge is -2.12. The van der Waals surface area contributed by atoms with Crippen LogP contribution < -0.4 is 11.5 Å². The smallest absolute Gasteiger partial charge is 0.322 e. The Hall–Kier alpha value is -0.610. The van der Waals surface area contributed by atoms with Gasteiger partial charge in [0.25, 0.3) is 0 Å². The SMILES string of the molecule is CC[C@@H](N)[C@H](N)C(=O)O. The second-order valence-corrected chi connectivity index (χ2v) is 1.94. The maximum Gasteiger partial charge on any atom is 0.322 e. The summed E-state index contributed by atoms with van der Waals surface area (Å²) in [7, 11) is 0. The first-order valence-corrected chi connectivity index (χ1v) is 2.83. The molecule has 4 heteroatoms. The molecule has 0 aromatic carbocycles. The third kappa shape index (κ3) is 2.43. The van der Waals surface area contributed by atoms with E-state index in [4.69, 9.17) is 16.6 Å². The van der Waals surface area contributed by atoms with E-state index >= 15 is 0 Å². The first-order chi connectivity index (χ1) is 4.09. The Kier molecular flexibility index (Phi) is 3.19. The molecule has 0 aliphatic rings. The summed E-state index contributed by atoms with van der Waals surface area (Å²) >= 11 is 0. The van der Waals surface area contributed by atoms with E-state index < -0.39 is 18.1 Å². The number of rotatable bonds is 3. The molecule has 54 valence electrons. The van der Waals surface area contributed by atoms with Gasteiger partial charge in [-0.25, -0.2) is 0 Å². The fourth-order valence-corrected chi connectivity index (χ4v) is 0.437. The summed E-state index contributed by atoms with van der Waals surface area (Å²) in [6, 6.07) is -1.35. The van der Waals surface area contributed by atoms with Gasteiger partial charge >= 0.3 is 5.97 Å². The zero-order valence-corrected chi connectivity index (χ0v) is 5.37. The Labute approximate surface area is 53.8 Å². The van der Waals surface area contributed by atoms with Crippen LogP contribution in [0.4, 0.5) is 0 Å². The monoisotopic (exact) mass is 132 g/mol. The number of carboxylic acid groups (broad SMARTS) is 1. The van der Waals surface area contributed by atoms with Crippen molar-refractivity contribution in [3.05, 3.63) is 0 Å². The molecule has 0 rings (SSSR count). The van der Waals surface area contributed by atoms with Gasteiger partial charge in [-0.3, -0.25) is 4.79 Å². The molecule has 2 atom stereocenters. The van der Waals surface area contributed by atoms with Crippen molar-refractivity contribution in [2.75, 3.05) is 0 Å². The molecule has 9 heavy (non-hydrogen) atoms. The van der Waals surface area contributed by atoms with Gasteiger partial charge < -0.3 is 16.6 Å². The highest BCUT2D eigenvalue weighted by Crippen LogP contribution is 1.90. The number of hydrogen-bond donors (Lipinski definition) is 3. The van der Waals surface area contributed by atoms with Crippen LogP contribution in [0.1, 0.15) is 13.3 Å².